The summed E-state index contributed by atoms with van der Waals surface area (Å²) in [6.07, 6.45) is 0.419. The van der Waals surface area contributed by atoms with E-state index < -0.39 is 14.2 Å². The van der Waals surface area contributed by atoms with E-state index in [1.54, 1.807) is 11.3 Å². The molecule has 1 aliphatic rings. The highest BCUT2D eigenvalue weighted by atomic mass is 32.1. The molecule has 11 rings (SSSR count). The minimum Gasteiger partial charge on any atom is -0.327 e. The number of aryl methyl sites for hydroxylation is 1. The second-order valence-corrected chi connectivity index (χ2v) is 19.4. The number of hydrogen-bond acceptors (Lipinski definition) is 4. The quantitative estimate of drug-likeness (QED) is 0.158. The topological polar surface area (TPSA) is 34.0 Å². The third-order valence-electron chi connectivity index (χ3n) is 11.6. The van der Waals surface area contributed by atoms with Crippen LogP contribution in [0.3, 0.4) is 0 Å². The van der Waals surface area contributed by atoms with Gasteiger partial charge >= 0.3 is 0 Å². The standard InChI is InChI=1S/C50H35FN4SSi/c1-54-40-25-10-9-24-39(40)53-50(54)34-18-16-17-33(31-34)47(51)38-32-42-49(46-37-23-8-12-27-43(37)56-48(38)46)57(35-19-4-2-5-20-35,36-21-6-3-7-22-36)44-28-13-11-26-41(44)55(42)45-29-14-15-30-52-45/h2-32,47H,1H3. The first-order valence-electron chi connectivity index (χ1n) is 19.2. The monoisotopic (exact) mass is 770 g/mol. The summed E-state index contributed by atoms with van der Waals surface area (Å²) < 4.78 is 22.3. The highest BCUT2D eigenvalue weighted by molar-refractivity contribution is 7.28. The first kappa shape index (κ1) is 33.6. The Labute approximate surface area is 334 Å². The van der Waals surface area contributed by atoms with E-state index in [1.807, 2.05) is 67.8 Å². The van der Waals surface area contributed by atoms with Gasteiger partial charge in [-0.05, 0) is 74.8 Å². The summed E-state index contributed by atoms with van der Waals surface area (Å²) >= 11 is 1.69. The van der Waals surface area contributed by atoms with Crippen molar-refractivity contribution in [2.75, 3.05) is 4.90 Å². The Balaban J connectivity index is 1.26. The summed E-state index contributed by atoms with van der Waals surface area (Å²) in [5.74, 6) is 1.60. The smallest absolute Gasteiger partial charge is 0.184 e. The lowest BCUT2D eigenvalue weighted by atomic mass is 9.97. The molecule has 7 aromatic carbocycles. The van der Waals surface area contributed by atoms with Gasteiger partial charge in [0.05, 0.1) is 11.0 Å². The Bertz CT molecular complexity index is 3090. The van der Waals surface area contributed by atoms with Gasteiger partial charge in [0, 0.05) is 55.9 Å². The molecule has 0 N–H and O–H groups in total. The zero-order valence-corrected chi connectivity index (χ0v) is 32.9. The van der Waals surface area contributed by atoms with Crippen molar-refractivity contribution >= 4 is 88.6 Å². The van der Waals surface area contributed by atoms with Crippen molar-refractivity contribution in [2.45, 2.75) is 6.17 Å². The Morgan fingerprint density at radius 3 is 2.12 bits per heavy atom. The maximum Gasteiger partial charge on any atom is 0.184 e. The molecule has 7 heteroatoms. The van der Waals surface area contributed by atoms with Gasteiger partial charge in [0.15, 0.2) is 14.2 Å². The number of hydrogen-bond donors (Lipinski definition) is 0. The van der Waals surface area contributed by atoms with E-state index in [2.05, 4.69) is 137 Å². The van der Waals surface area contributed by atoms with Crippen LogP contribution in [0.1, 0.15) is 17.3 Å². The maximum absolute atomic E-state index is 18.1. The molecular formula is C50H35FN4SSi. The normalized spacial score (nSPS) is 13.8. The third-order valence-corrected chi connectivity index (χ3v) is 17.7. The minimum atomic E-state index is -3.11. The molecule has 0 amide bonds. The van der Waals surface area contributed by atoms with Gasteiger partial charge in [0.1, 0.15) is 11.6 Å². The Hall–Kier alpha value is -6.67. The molecule has 1 aliphatic heterocycles. The molecule has 4 nitrogen and oxygen atoms in total. The lowest BCUT2D eigenvalue weighted by Gasteiger charge is -2.45. The van der Waals surface area contributed by atoms with Crippen LogP contribution in [-0.4, -0.2) is 22.6 Å². The largest absolute Gasteiger partial charge is 0.327 e. The Kier molecular flexibility index (Phi) is 7.81. The van der Waals surface area contributed by atoms with E-state index in [0.29, 0.717) is 11.1 Å². The van der Waals surface area contributed by atoms with Crippen molar-refractivity contribution < 1.29 is 4.39 Å². The number of anilines is 3. The molecule has 272 valence electrons. The number of rotatable bonds is 6. The van der Waals surface area contributed by atoms with Gasteiger partial charge < -0.3 is 4.57 Å². The number of pyridine rings is 1. The first-order valence-corrected chi connectivity index (χ1v) is 22.0. The molecule has 0 bridgehead atoms. The van der Waals surface area contributed by atoms with Crippen molar-refractivity contribution in [2.24, 2.45) is 7.05 Å². The second-order valence-electron chi connectivity index (χ2n) is 14.7. The number of benzene rings is 7. The number of para-hydroxylation sites is 3. The first-order chi connectivity index (χ1) is 28.1. The molecule has 3 aromatic heterocycles. The molecule has 0 radical (unpaired) electrons. The molecule has 1 atom stereocenters. The third kappa shape index (κ3) is 5.02. The van der Waals surface area contributed by atoms with Crippen LogP contribution in [0.25, 0.3) is 42.6 Å². The SMILES string of the molecule is Cn1c(-c2cccc(C(F)c3cc4c(c5c3sc3ccccc35)[Si](c3ccccc3)(c3ccccc3)c3ccccc3N4c3ccccn3)c2)nc2ccccc21. The molecule has 0 saturated heterocycles. The predicted octanol–water partition coefficient (Wildman–Crippen LogP) is 10.2. The maximum atomic E-state index is 18.1. The van der Waals surface area contributed by atoms with Crippen LogP contribution in [0, 0.1) is 0 Å². The van der Waals surface area contributed by atoms with Crippen LogP contribution in [0.2, 0.25) is 0 Å². The highest BCUT2D eigenvalue weighted by Crippen LogP contribution is 2.47. The number of thiophene rings is 1. The van der Waals surface area contributed by atoms with Crippen LogP contribution >= 0.6 is 11.3 Å². The Morgan fingerprint density at radius 1 is 0.649 bits per heavy atom. The Morgan fingerprint density at radius 2 is 1.35 bits per heavy atom. The average molecular weight is 771 g/mol. The van der Waals surface area contributed by atoms with Crippen molar-refractivity contribution in [3.05, 3.63) is 199 Å². The molecular weight excluding hydrogens is 736 g/mol. The molecule has 1 unspecified atom stereocenters. The van der Waals surface area contributed by atoms with Crippen molar-refractivity contribution in [3.63, 3.8) is 0 Å². The van der Waals surface area contributed by atoms with Crippen molar-refractivity contribution in [1.82, 2.24) is 14.5 Å². The summed E-state index contributed by atoms with van der Waals surface area (Å²) in [6.45, 7) is 0. The van der Waals surface area contributed by atoms with Crippen LogP contribution in [0.4, 0.5) is 21.6 Å². The van der Waals surface area contributed by atoms with E-state index in [9.17, 15) is 0 Å². The van der Waals surface area contributed by atoms with Crippen molar-refractivity contribution in [1.29, 1.82) is 0 Å². The van der Waals surface area contributed by atoms with E-state index in [-0.39, 0.29) is 0 Å². The van der Waals surface area contributed by atoms with Gasteiger partial charge in [-0.15, -0.1) is 11.3 Å². The van der Waals surface area contributed by atoms with Gasteiger partial charge in [-0.3, -0.25) is 4.90 Å². The molecule has 0 aliphatic carbocycles. The fraction of sp³-hybridized carbons (Fsp3) is 0.0400. The number of nitrogens with zero attached hydrogens (tertiary/aromatic N) is 4. The van der Waals surface area contributed by atoms with Crippen LogP contribution < -0.4 is 25.6 Å². The fourth-order valence-electron chi connectivity index (χ4n) is 9.20. The van der Waals surface area contributed by atoms with E-state index in [1.165, 1.54) is 20.7 Å². The number of imidazole rings is 1. The molecule has 0 saturated carbocycles. The molecule has 57 heavy (non-hydrogen) atoms. The van der Waals surface area contributed by atoms with E-state index in [4.69, 9.17) is 9.97 Å². The van der Waals surface area contributed by atoms with Gasteiger partial charge in [0.2, 0.25) is 0 Å². The van der Waals surface area contributed by atoms with E-state index >= 15 is 4.39 Å². The predicted molar refractivity (Wildman–Crippen MR) is 238 cm³/mol. The van der Waals surface area contributed by atoms with Gasteiger partial charge in [-0.2, -0.15) is 0 Å². The lowest BCUT2D eigenvalue weighted by molar-refractivity contribution is 0.405. The number of halogens is 1. The molecule has 0 fully saturated rings. The van der Waals surface area contributed by atoms with E-state index in [0.717, 1.165) is 59.8 Å². The number of aromatic nitrogens is 3. The summed E-state index contributed by atoms with van der Waals surface area (Å²) in [7, 11) is -1.08. The van der Waals surface area contributed by atoms with Crippen LogP contribution in [0.5, 0.6) is 0 Å². The van der Waals surface area contributed by atoms with Crippen molar-refractivity contribution in [3.8, 4) is 11.4 Å². The summed E-state index contributed by atoms with van der Waals surface area (Å²) in [6, 6.07) is 63.6. The van der Waals surface area contributed by atoms with Crippen LogP contribution in [-0.2, 0) is 7.05 Å². The summed E-state index contributed by atoms with van der Waals surface area (Å²) in [5, 5.41) is 7.34. The molecule has 4 heterocycles. The molecule has 10 aromatic rings. The fourth-order valence-corrected chi connectivity index (χ4v) is 15.8. The van der Waals surface area contributed by atoms with Gasteiger partial charge in [-0.25, -0.2) is 14.4 Å². The van der Waals surface area contributed by atoms with Gasteiger partial charge in [0.25, 0.3) is 0 Å². The zero-order chi connectivity index (χ0) is 38.1. The lowest BCUT2D eigenvalue weighted by Crippen LogP contribution is -2.77. The van der Waals surface area contributed by atoms with Crippen LogP contribution in [0.15, 0.2) is 188 Å². The summed E-state index contributed by atoms with van der Waals surface area (Å²) in [4.78, 5) is 12.2. The molecule has 0 spiro atoms. The number of alkyl halides is 1. The minimum absolute atomic E-state index is 0.591. The van der Waals surface area contributed by atoms with Gasteiger partial charge in [-0.1, -0.05) is 133 Å². The number of fused-ring (bicyclic) bond motifs is 7. The zero-order valence-electron chi connectivity index (χ0n) is 31.1. The average Bonchev–Trinajstić information content (AvgIpc) is 3.84. The highest BCUT2D eigenvalue weighted by Gasteiger charge is 2.51. The second kappa shape index (κ2) is 13.2. The summed E-state index contributed by atoms with van der Waals surface area (Å²) in [5.41, 5.74) is 6.10.